The second kappa shape index (κ2) is 4.34. The number of halogens is 1. The minimum absolute atomic E-state index is 0. The second-order valence-electron chi connectivity index (χ2n) is 2.85. The third-order valence-electron chi connectivity index (χ3n) is 2.18. The van der Waals surface area contributed by atoms with E-state index in [2.05, 4.69) is 15.0 Å². The standard InChI is InChI=1S/C8H10N4.ClH.H3N/c1-5-7-8(10-4-9-7)11-6(2)12(5)3;;/h4H,1-3H3;1H;1H3. The van der Waals surface area contributed by atoms with Crippen LogP contribution in [0.5, 0.6) is 0 Å². The normalized spacial score (nSPS) is 9.36. The van der Waals surface area contributed by atoms with Crippen molar-refractivity contribution in [3.05, 3.63) is 17.8 Å². The zero-order valence-corrected chi connectivity index (χ0v) is 9.30. The Bertz CT molecular complexity index is 397. The van der Waals surface area contributed by atoms with Gasteiger partial charge in [-0.25, -0.2) is 15.0 Å². The van der Waals surface area contributed by atoms with Crippen LogP contribution in [0.2, 0.25) is 0 Å². The highest BCUT2D eigenvalue weighted by Crippen LogP contribution is 2.18. The number of hydrogen-bond acceptors (Lipinski definition) is 4. The Hall–Kier alpha value is -1.20. The van der Waals surface area contributed by atoms with Crippen molar-refractivity contribution in [1.29, 1.82) is 0 Å². The average Bonchev–Trinajstić information content (AvgIpc) is 2.48. The zero-order chi connectivity index (χ0) is 8.72. The Balaban J connectivity index is 0.000000845. The van der Waals surface area contributed by atoms with E-state index in [1.54, 1.807) is 6.33 Å². The molecule has 2 aliphatic rings. The summed E-state index contributed by atoms with van der Waals surface area (Å²) in [6.45, 7) is 3.98. The predicted octanol–water partition coefficient (Wildman–Crippen LogP) is 1.52. The largest absolute Gasteiger partial charge is 0.344 e. The second-order valence-corrected chi connectivity index (χ2v) is 2.85. The maximum atomic E-state index is 4.29. The Morgan fingerprint density at radius 1 is 1.21 bits per heavy atom. The topological polar surface area (TPSA) is 78.6 Å². The van der Waals surface area contributed by atoms with Gasteiger partial charge in [0.2, 0.25) is 0 Å². The van der Waals surface area contributed by atoms with E-state index in [4.69, 9.17) is 0 Å². The van der Waals surface area contributed by atoms with E-state index >= 15 is 0 Å². The molecule has 2 aliphatic heterocycles. The van der Waals surface area contributed by atoms with E-state index in [1.165, 1.54) is 0 Å². The van der Waals surface area contributed by atoms with Crippen LogP contribution in [0.15, 0.2) is 6.33 Å². The number of nitrogens with zero attached hydrogens (tertiary/aromatic N) is 4. The molecule has 5 nitrogen and oxygen atoms in total. The number of fused-ring (bicyclic) bond motifs is 1. The summed E-state index contributed by atoms with van der Waals surface area (Å²) < 4.78 is 2.01. The van der Waals surface area contributed by atoms with Gasteiger partial charge in [-0.05, 0) is 13.8 Å². The molecule has 0 saturated heterocycles. The molecule has 78 valence electrons. The van der Waals surface area contributed by atoms with Crippen molar-refractivity contribution in [2.24, 2.45) is 7.05 Å². The number of aryl methyl sites for hydroxylation is 1. The van der Waals surface area contributed by atoms with Crippen LogP contribution in [0.1, 0.15) is 11.5 Å². The monoisotopic (exact) mass is 215 g/mol. The summed E-state index contributed by atoms with van der Waals surface area (Å²) in [6.07, 6.45) is 1.55. The maximum Gasteiger partial charge on any atom is 0.183 e. The summed E-state index contributed by atoms with van der Waals surface area (Å²) in [5.41, 5.74) is 2.00. The molecular weight excluding hydrogens is 202 g/mol. The molecule has 0 aliphatic carbocycles. The van der Waals surface area contributed by atoms with Gasteiger partial charge in [0.25, 0.3) is 0 Å². The Morgan fingerprint density at radius 3 is 2.50 bits per heavy atom. The SMILES string of the molecule is Cc1nc2ncnc-2c(C)n1C.Cl.N. The molecule has 14 heavy (non-hydrogen) atoms. The Kier molecular flexibility index (Phi) is 3.97. The van der Waals surface area contributed by atoms with E-state index in [-0.39, 0.29) is 18.6 Å². The first-order chi connectivity index (χ1) is 5.70. The highest BCUT2D eigenvalue weighted by molar-refractivity contribution is 5.85. The van der Waals surface area contributed by atoms with Gasteiger partial charge in [0.05, 0.1) is 0 Å². The fourth-order valence-corrected chi connectivity index (χ4v) is 1.23. The molecule has 0 aromatic rings. The van der Waals surface area contributed by atoms with Crippen LogP contribution in [0.4, 0.5) is 0 Å². The quantitative estimate of drug-likeness (QED) is 0.723. The summed E-state index contributed by atoms with van der Waals surface area (Å²) in [5.74, 6) is 1.70. The first-order valence-corrected chi connectivity index (χ1v) is 3.81. The summed E-state index contributed by atoms with van der Waals surface area (Å²) in [6, 6.07) is 0. The molecular formula is C8H14ClN5. The fraction of sp³-hybridized carbons (Fsp3) is 0.375. The van der Waals surface area contributed by atoms with Crippen molar-refractivity contribution < 1.29 is 0 Å². The first kappa shape index (κ1) is 12.8. The van der Waals surface area contributed by atoms with Crippen molar-refractivity contribution in [3.8, 4) is 11.5 Å². The minimum atomic E-state index is 0. The van der Waals surface area contributed by atoms with Gasteiger partial charge in [-0.2, -0.15) is 0 Å². The van der Waals surface area contributed by atoms with Gasteiger partial charge < -0.3 is 10.7 Å². The predicted molar refractivity (Wildman–Crippen MR) is 57.2 cm³/mol. The minimum Gasteiger partial charge on any atom is -0.344 e. The van der Waals surface area contributed by atoms with Crippen LogP contribution in [-0.4, -0.2) is 19.5 Å². The summed E-state index contributed by atoms with van der Waals surface area (Å²) >= 11 is 0. The lowest BCUT2D eigenvalue weighted by Gasteiger charge is -2.10. The summed E-state index contributed by atoms with van der Waals surface area (Å²) in [5, 5.41) is 0. The Morgan fingerprint density at radius 2 is 1.86 bits per heavy atom. The van der Waals surface area contributed by atoms with Crippen LogP contribution in [0.3, 0.4) is 0 Å². The molecule has 0 spiro atoms. The number of aromatic nitrogens is 4. The third kappa shape index (κ3) is 1.69. The van der Waals surface area contributed by atoms with Crippen LogP contribution >= 0.6 is 12.4 Å². The molecule has 0 bridgehead atoms. The fourth-order valence-electron chi connectivity index (χ4n) is 1.23. The molecule has 0 radical (unpaired) electrons. The highest BCUT2D eigenvalue weighted by Gasteiger charge is 2.12. The van der Waals surface area contributed by atoms with Crippen molar-refractivity contribution in [2.75, 3.05) is 0 Å². The van der Waals surface area contributed by atoms with Gasteiger partial charge in [0, 0.05) is 12.7 Å². The van der Waals surface area contributed by atoms with Gasteiger partial charge in [-0.1, -0.05) is 0 Å². The Labute approximate surface area is 88.9 Å². The van der Waals surface area contributed by atoms with Crippen molar-refractivity contribution in [2.45, 2.75) is 13.8 Å². The molecule has 0 aromatic carbocycles. The lowest BCUT2D eigenvalue weighted by Crippen LogP contribution is -2.07. The number of imidazole rings is 1. The van der Waals surface area contributed by atoms with Gasteiger partial charge in [-0.3, -0.25) is 0 Å². The molecule has 0 unspecified atom stereocenters. The lowest BCUT2D eigenvalue weighted by molar-refractivity contribution is 0.770. The van der Waals surface area contributed by atoms with Gasteiger partial charge in [0.1, 0.15) is 17.8 Å². The van der Waals surface area contributed by atoms with Crippen LogP contribution < -0.4 is 6.15 Å². The van der Waals surface area contributed by atoms with Gasteiger partial charge >= 0.3 is 0 Å². The van der Waals surface area contributed by atoms with E-state index < -0.39 is 0 Å². The van der Waals surface area contributed by atoms with Crippen LogP contribution in [0.25, 0.3) is 11.5 Å². The molecule has 3 N–H and O–H groups in total. The average molecular weight is 216 g/mol. The first-order valence-electron chi connectivity index (χ1n) is 3.81. The molecule has 0 amide bonds. The maximum absolute atomic E-state index is 4.29. The van der Waals surface area contributed by atoms with Crippen molar-refractivity contribution in [1.82, 2.24) is 25.7 Å². The van der Waals surface area contributed by atoms with E-state index in [0.29, 0.717) is 0 Å². The molecule has 2 rings (SSSR count). The van der Waals surface area contributed by atoms with Crippen LogP contribution in [0, 0.1) is 13.8 Å². The summed E-state index contributed by atoms with van der Waals surface area (Å²) in [7, 11) is 1.98. The van der Waals surface area contributed by atoms with Crippen molar-refractivity contribution >= 4 is 12.4 Å². The summed E-state index contributed by atoms with van der Waals surface area (Å²) in [4.78, 5) is 12.5. The molecule has 0 aromatic heterocycles. The molecule has 0 atom stereocenters. The highest BCUT2D eigenvalue weighted by atomic mass is 35.5. The number of hydrogen-bond donors (Lipinski definition) is 1. The molecule has 0 saturated carbocycles. The van der Waals surface area contributed by atoms with E-state index in [9.17, 15) is 0 Å². The molecule has 2 heterocycles. The number of rotatable bonds is 0. The van der Waals surface area contributed by atoms with E-state index in [1.807, 2.05) is 25.5 Å². The van der Waals surface area contributed by atoms with Crippen LogP contribution in [-0.2, 0) is 7.05 Å². The molecule has 0 fully saturated rings. The smallest absolute Gasteiger partial charge is 0.183 e. The lowest BCUT2D eigenvalue weighted by atomic mass is 10.3. The van der Waals surface area contributed by atoms with E-state index in [0.717, 1.165) is 23.0 Å². The van der Waals surface area contributed by atoms with Crippen molar-refractivity contribution in [3.63, 3.8) is 0 Å². The van der Waals surface area contributed by atoms with Gasteiger partial charge in [0.15, 0.2) is 5.82 Å². The van der Waals surface area contributed by atoms with Gasteiger partial charge in [-0.15, -0.1) is 12.4 Å². The zero-order valence-electron chi connectivity index (χ0n) is 8.48. The molecule has 6 heteroatoms. The third-order valence-corrected chi connectivity index (χ3v) is 2.18.